The molecule has 0 fully saturated rings. The SMILES string of the molecule is O=C(COC(=O)c1c2c(nc3ccccc13)CCCC2)NCc1ccco1. The Labute approximate surface area is 156 Å². The van der Waals surface area contributed by atoms with Crippen molar-refractivity contribution in [2.75, 3.05) is 6.61 Å². The first kappa shape index (κ1) is 17.3. The zero-order valence-electron chi connectivity index (χ0n) is 14.9. The molecule has 1 amide bonds. The van der Waals surface area contributed by atoms with Crippen LogP contribution >= 0.6 is 0 Å². The monoisotopic (exact) mass is 364 g/mol. The number of esters is 1. The Morgan fingerprint density at radius 3 is 2.81 bits per heavy atom. The lowest BCUT2D eigenvalue weighted by atomic mass is 9.90. The first-order chi connectivity index (χ1) is 13.2. The van der Waals surface area contributed by atoms with Gasteiger partial charge in [0.25, 0.3) is 5.91 Å². The van der Waals surface area contributed by atoms with E-state index < -0.39 is 5.97 Å². The van der Waals surface area contributed by atoms with Crippen LogP contribution in [0.15, 0.2) is 47.1 Å². The minimum absolute atomic E-state index is 0.261. The smallest absolute Gasteiger partial charge is 0.339 e. The van der Waals surface area contributed by atoms with Crippen LogP contribution in [0.3, 0.4) is 0 Å². The van der Waals surface area contributed by atoms with Crippen molar-refractivity contribution in [1.29, 1.82) is 0 Å². The van der Waals surface area contributed by atoms with Gasteiger partial charge in [-0.3, -0.25) is 9.78 Å². The average Bonchev–Trinajstić information content (AvgIpc) is 3.22. The lowest BCUT2D eigenvalue weighted by Gasteiger charge is -2.19. The van der Waals surface area contributed by atoms with Crippen molar-refractivity contribution in [3.05, 3.63) is 65.2 Å². The highest BCUT2D eigenvalue weighted by Gasteiger charge is 2.24. The molecule has 0 unspecified atom stereocenters. The van der Waals surface area contributed by atoms with Crippen molar-refractivity contribution in [2.24, 2.45) is 0 Å². The van der Waals surface area contributed by atoms with Crippen LogP contribution in [0.25, 0.3) is 10.9 Å². The van der Waals surface area contributed by atoms with E-state index in [4.69, 9.17) is 14.1 Å². The highest BCUT2D eigenvalue weighted by Crippen LogP contribution is 2.29. The molecule has 3 aromatic rings. The summed E-state index contributed by atoms with van der Waals surface area (Å²) in [5, 5.41) is 3.45. The number of fused-ring (bicyclic) bond motifs is 2. The molecule has 27 heavy (non-hydrogen) atoms. The Kier molecular flexibility index (Phi) is 4.87. The van der Waals surface area contributed by atoms with Gasteiger partial charge in [-0.15, -0.1) is 0 Å². The zero-order valence-corrected chi connectivity index (χ0v) is 14.9. The number of aryl methyl sites for hydroxylation is 1. The average molecular weight is 364 g/mol. The van der Waals surface area contributed by atoms with Gasteiger partial charge >= 0.3 is 5.97 Å². The molecule has 0 saturated carbocycles. The lowest BCUT2D eigenvalue weighted by molar-refractivity contribution is -0.124. The number of hydrogen-bond acceptors (Lipinski definition) is 5. The number of ether oxygens (including phenoxy) is 1. The Morgan fingerprint density at radius 1 is 1.11 bits per heavy atom. The molecule has 0 saturated heterocycles. The van der Waals surface area contributed by atoms with E-state index >= 15 is 0 Å². The summed E-state index contributed by atoms with van der Waals surface area (Å²) in [7, 11) is 0. The van der Waals surface area contributed by atoms with Gasteiger partial charge in [-0.05, 0) is 49.4 Å². The third kappa shape index (κ3) is 3.69. The molecule has 138 valence electrons. The third-order valence-electron chi connectivity index (χ3n) is 4.75. The van der Waals surface area contributed by atoms with Crippen molar-refractivity contribution >= 4 is 22.8 Å². The molecule has 0 spiro atoms. The molecule has 4 rings (SSSR count). The number of nitrogens with zero attached hydrogens (tertiary/aromatic N) is 1. The molecule has 2 heterocycles. The molecule has 1 aromatic carbocycles. The predicted molar refractivity (Wildman–Crippen MR) is 99.2 cm³/mol. The van der Waals surface area contributed by atoms with Crippen LogP contribution in [0.5, 0.6) is 0 Å². The van der Waals surface area contributed by atoms with Crippen LogP contribution in [0.2, 0.25) is 0 Å². The maximum atomic E-state index is 12.8. The van der Waals surface area contributed by atoms with Crippen LogP contribution in [0.1, 0.15) is 40.2 Å². The number of amides is 1. The molecule has 0 bridgehead atoms. The predicted octanol–water partition coefficient (Wildman–Crippen LogP) is 3.18. The van der Waals surface area contributed by atoms with Gasteiger partial charge < -0.3 is 14.5 Å². The van der Waals surface area contributed by atoms with Gasteiger partial charge in [0, 0.05) is 11.1 Å². The van der Waals surface area contributed by atoms with E-state index in [-0.39, 0.29) is 19.1 Å². The summed E-state index contributed by atoms with van der Waals surface area (Å²) in [4.78, 5) is 29.5. The lowest BCUT2D eigenvalue weighted by Crippen LogP contribution is -2.28. The topological polar surface area (TPSA) is 81.4 Å². The second kappa shape index (κ2) is 7.61. The molecule has 6 heteroatoms. The minimum atomic E-state index is -0.472. The van der Waals surface area contributed by atoms with Crippen molar-refractivity contribution in [1.82, 2.24) is 10.3 Å². The Balaban J connectivity index is 1.51. The van der Waals surface area contributed by atoms with Gasteiger partial charge in [-0.1, -0.05) is 18.2 Å². The first-order valence-corrected chi connectivity index (χ1v) is 9.09. The summed E-state index contributed by atoms with van der Waals surface area (Å²) in [6.07, 6.45) is 5.31. The van der Waals surface area contributed by atoms with Gasteiger partial charge in [0.15, 0.2) is 6.61 Å². The van der Waals surface area contributed by atoms with Crippen molar-refractivity contribution in [3.8, 4) is 0 Å². The van der Waals surface area contributed by atoms with Crippen LogP contribution in [-0.4, -0.2) is 23.5 Å². The van der Waals surface area contributed by atoms with E-state index in [1.54, 1.807) is 18.4 Å². The maximum absolute atomic E-state index is 12.8. The highest BCUT2D eigenvalue weighted by atomic mass is 16.5. The zero-order chi connectivity index (χ0) is 18.6. The van der Waals surface area contributed by atoms with Crippen LogP contribution in [0.4, 0.5) is 0 Å². The van der Waals surface area contributed by atoms with Crippen molar-refractivity contribution in [3.63, 3.8) is 0 Å². The number of carbonyl (C=O) groups is 2. The van der Waals surface area contributed by atoms with E-state index in [2.05, 4.69) is 5.32 Å². The van der Waals surface area contributed by atoms with Gasteiger partial charge in [-0.2, -0.15) is 0 Å². The molecule has 1 aliphatic carbocycles. The molecule has 0 aliphatic heterocycles. The fourth-order valence-electron chi connectivity index (χ4n) is 3.46. The Morgan fingerprint density at radius 2 is 1.96 bits per heavy atom. The summed E-state index contributed by atoms with van der Waals surface area (Å²) in [5.74, 6) is -0.198. The number of rotatable bonds is 5. The van der Waals surface area contributed by atoms with E-state index in [0.29, 0.717) is 11.3 Å². The summed E-state index contributed by atoms with van der Waals surface area (Å²) >= 11 is 0. The molecule has 1 aliphatic rings. The van der Waals surface area contributed by atoms with Crippen molar-refractivity contribution < 1.29 is 18.7 Å². The number of para-hydroxylation sites is 1. The molecule has 1 N–H and O–H groups in total. The fourth-order valence-corrected chi connectivity index (χ4v) is 3.46. The summed E-state index contributed by atoms with van der Waals surface area (Å²) in [6.45, 7) is -0.0675. The summed E-state index contributed by atoms with van der Waals surface area (Å²) in [6, 6.07) is 11.1. The maximum Gasteiger partial charge on any atom is 0.339 e. The molecule has 6 nitrogen and oxygen atoms in total. The van der Waals surface area contributed by atoms with Gasteiger partial charge in [0.05, 0.1) is 23.9 Å². The normalized spacial score (nSPS) is 13.2. The number of furan rings is 1. The van der Waals surface area contributed by atoms with E-state index in [1.807, 2.05) is 24.3 Å². The molecule has 0 radical (unpaired) electrons. The third-order valence-corrected chi connectivity index (χ3v) is 4.75. The van der Waals surface area contributed by atoms with Crippen molar-refractivity contribution in [2.45, 2.75) is 32.2 Å². The van der Waals surface area contributed by atoms with Gasteiger partial charge in [-0.25, -0.2) is 4.79 Å². The number of hydrogen-bond donors (Lipinski definition) is 1. The number of nitrogens with one attached hydrogen (secondary N) is 1. The van der Waals surface area contributed by atoms with E-state index in [0.717, 1.165) is 47.8 Å². The number of benzene rings is 1. The van der Waals surface area contributed by atoms with E-state index in [9.17, 15) is 9.59 Å². The Hall–Kier alpha value is -3.15. The molecule has 0 atom stereocenters. The largest absolute Gasteiger partial charge is 0.467 e. The first-order valence-electron chi connectivity index (χ1n) is 9.09. The Bertz CT molecular complexity index is 979. The number of aromatic nitrogens is 1. The second-order valence-electron chi connectivity index (χ2n) is 6.57. The van der Waals surface area contributed by atoms with Crippen LogP contribution in [-0.2, 0) is 28.9 Å². The standard InChI is InChI=1S/C21H20N2O4/c24-19(22-12-14-6-5-11-26-14)13-27-21(25)20-15-7-1-3-9-17(15)23-18-10-4-2-8-16(18)20/h1,3,5-7,9,11H,2,4,8,10,12-13H2,(H,22,24). The number of carbonyl (C=O) groups excluding carboxylic acids is 2. The quantitative estimate of drug-likeness (QED) is 0.703. The second-order valence-corrected chi connectivity index (χ2v) is 6.57. The highest BCUT2D eigenvalue weighted by molar-refractivity contribution is 6.05. The van der Waals surface area contributed by atoms with Gasteiger partial charge in [0.2, 0.25) is 0 Å². The summed E-state index contributed by atoms with van der Waals surface area (Å²) < 4.78 is 10.5. The van der Waals surface area contributed by atoms with E-state index in [1.165, 1.54) is 0 Å². The minimum Gasteiger partial charge on any atom is -0.467 e. The molecular formula is C21H20N2O4. The van der Waals surface area contributed by atoms with Gasteiger partial charge in [0.1, 0.15) is 5.76 Å². The summed E-state index contributed by atoms with van der Waals surface area (Å²) in [5.41, 5.74) is 3.26. The molecule has 2 aromatic heterocycles. The fraction of sp³-hybridized carbons (Fsp3) is 0.286. The van der Waals surface area contributed by atoms with Crippen LogP contribution < -0.4 is 5.32 Å². The molecular weight excluding hydrogens is 344 g/mol. The number of pyridine rings is 1. The van der Waals surface area contributed by atoms with Crippen LogP contribution in [0, 0.1) is 0 Å².